The first-order valence-electron chi connectivity index (χ1n) is 15.6. The van der Waals surface area contributed by atoms with Gasteiger partial charge >= 0.3 is 11.0 Å². The fourth-order valence-corrected chi connectivity index (χ4v) is 11.2. The average molecular weight is 708 g/mol. The Morgan fingerprint density at radius 1 is 0.959 bits per heavy atom. The van der Waals surface area contributed by atoms with E-state index in [-0.39, 0.29) is 52.0 Å². The number of anilines is 2. The van der Waals surface area contributed by atoms with Crippen molar-refractivity contribution in [2.45, 2.75) is 28.8 Å². The normalized spacial score (nSPS) is 26.7. The van der Waals surface area contributed by atoms with E-state index in [2.05, 4.69) is 10.3 Å². The topological polar surface area (TPSA) is 118 Å². The number of methoxy groups -OCH3 is 1. The lowest BCUT2D eigenvalue weighted by Crippen LogP contribution is -2.42. The second kappa shape index (κ2) is 11.8. The maximum atomic E-state index is 14.0. The molecule has 0 spiro atoms. The smallest absolute Gasteiger partial charge is 0.416 e. The molecule has 3 aromatic carbocycles. The highest BCUT2D eigenvalue weighted by Gasteiger charge is 2.69. The van der Waals surface area contributed by atoms with Gasteiger partial charge in [-0.15, -0.1) is 11.8 Å². The van der Waals surface area contributed by atoms with E-state index in [1.807, 2.05) is 18.2 Å². The predicted molar refractivity (Wildman–Crippen MR) is 176 cm³/mol. The molecule has 4 aromatic rings. The van der Waals surface area contributed by atoms with Gasteiger partial charge in [-0.2, -0.15) is 13.2 Å². The Bertz CT molecular complexity index is 2050. The fourth-order valence-electron chi connectivity index (χ4n) is 8.28. The zero-order valence-corrected chi connectivity index (χ0v) is 27.4. The maximum Gasteiger partial charge on any atom is 0.416 e. The van der Waals surface area contributed by atoms with Crippen LogP contribution in [0.5, 0.6) is 11.5 Å². The first-order chi connectivity index (χ1) is 23.5. The molecule has 3 heterocycles. The summed E-state index contributed by atoms with van der Waals surface area (Å²) in [7, 11) is 1.56. The molecule has 1 aromatic heterocycles. The Kier molecular flexibility index (Phi) is 7.63. The zero-order chi connectivity index (χ0) is 34.2. The minimum atomic E-state index is -4.62. The van der Waals surface area contributed by atoms with Crippen molar-refractivity contribution in [2.24, 2.45) is 29.6 Å². The van der Waals surface area contributed by atoms with E-state index in [1.165, 1.54) is 23.9 Å². The van der Waals surface area contributed by atoms with E-state index >= 15 is 0 Å². The number of aromatic nitrogens is 1. The molecule has 9 nitrogen and oxygen atoms in total. The van der Waals surface area contributed by atoms with Crippen molar-refractivity contribution >= 4 is 52.2 Å². The lowest BCUT2D eigenvalue weighted by atomic mass is 9.68. The molecule has 3 amide bonds. The largest absolute Gasteiger partial charge is 0.497 e. The summed E-state index contributed by atoms with van der Waals surface area (Å²) < 4.78 is 51.6. The molecule has 0 radical (unpaired) electrons. The Morgan fingerprint density at radius 2 is 1.69 bits per heavy atom. The van der Waals surface area contributed by atoms with Gasteiger partial charge in [-0.25, -0.2) is 0 Å². The Balaban J connectivity index is 1.07. The standard InChI is InChI=1S/C35H28F3N3O6S2/c1-46-20-10-8-18(9-11-20)39-24(42)15-47-21-7-2-4-16(12-21)25-26-22-14-23(29(26)48-31-30(25)49-34(45)40-31)28-27(22)32(43)41(33(28)44)19-6-3-5-17(13-19)35(36,37)38/h2-13,22-23,25-29H,14-15H2,1H3,(H,39,42)(H,40,45)/t22?,23?,25-,26?,27?,28?,29?/m1/s1. The van der Waals surface area contributed by atoms with Gasteiger partial charge in [0.1, 0.15) is 11.5 Å². The molecule has 2 aliphatic heterocycles. The van der Waals surface area contributed by atoms with Crippen molar-refractivity contribution in [3.8, 4) is 11.5 Å². The van der Waals surface area contributed by atoms with Crippen molar-refractivity contribution in [1.82, 2.24) is 4.98 Å². The molecule has 14 heteroatoms. The third kappa shape index (κ3) is 5.32. The number of alkyl halides is 3. The van der Waals surface area contributed by atoms with E-state index < -0.39 is 35.4 Å². The second-order valence-corrected chi connectivity index (χ2v) is 14.9. The highest BCUT2D eigenvalue weighted by molar-refractivity contribution is 8.00. The molecular formula is C35H28F3N3O6S2. The number of thiazole rings is 1. The number of halogens is 3. The van der Waals surface area contributed by atoms with Gasteiger partial charge in [-0.3, -0.25) is 24.1 Å². The molecule has 2 saturated carbocycles. The van der Waals surface area contributed by atoms with E-state index in [9.17, 15) is 32.3 Å². The van der Waals surface area contributed by atoms with Crippen molar-refractivity contribution in [3.63, 3.8) is 0 Å². The van der Waals surface area contributed by atoms with Crippen molar-refractivity contribution in [1.29, 1.82) is 0 Å². The van der Waals surface area contributed by atoms with Crippen LogP contribution < -0.4 is 24.6 Å². The number of amides is 3. The van der Waals surface area contributed by atoms with E-state index in [0.717, 1.165) is 43.8 Å². The van der Waals surface area contributed by atoms with Gasteiger partial charge in [0, 0.05) is 21.7 Å². The van der Waals surface area contributed by atoms with Gasteiger partial charge in [0.2, 0.25) is 11.8 Å². The molecule has 2 aliphatic carbocycles. The van der Waals surface area contributed by atoms with Gasteiger partial charge in [-0.1, -0.05) is 29.5 Å². The number of thioether (sulfide) groups is 1. The van der Waals surface area contributed by atoms with Gasteiger partial charge < -0.3 is 19.8 Å². The molecule has 4 aliphatic rings. The average Bonchev–Trinajstić information content (AvgIpc) is 3.82. The lowest BCUT2D eigenvalue weighted by molar-refractivity contribution is -0.137. The van der Waals surface area contributed by atoms with Crippen LogP contribution in [0, 0.1) is 29.6 Å². The van der Waals surface area contributed by atoms with E-state index in [0.29, 0.717) is 23.6 Å². The molecule has 2 bridgehead atoms. The van der Waals surface area contributed by atoms with E-state index in [4.69, 9.17) is 9.47 Å². The first-order valence-corrected chi connectivity index (χ1v) is 17.3. The van der Waals surface area contributed by atoms with Gasteiger partial charge in [0.25, 0.3) is 5.91 Å². The highest BCUT2D eigenvalue weighted by atomic mass is 32.2. The number of rotatable bonds is 7. The number of nitrogens with zero attached hydrogens (tertiary/aromatic N) is 1. The second-order valence-electron chi connectivity index (χ2n) is 12.7. The number of hydrogen-bond donors (Lipinski definition) is 2. The van der Waals surface area contributed by atoms with Crippen LogP contribution in [0.25, 0.3) is 0 Å². The third-order valence-corrected chi connectivity index (χ3v) is 12.7. The number of ether oxygens (including phenoxy) is 2. The molecule has 6 unspecified atom stereocenters. The van der Waals surface area contributed by atoms with Crippen LogP contribution in [-0.2, 0) is 20.6 Å². The molecule has 3 fully saturated rings. The van der Waals surface area contributed by atoms with E-state index in [1.54, 1.807) is 37.4 Å². The maximum absolute atomic E-state index is 14.0. The first kappa shape index (κ1) is 31.7. The Hall–Kier alpha value is -4.56. The summed E-state index contributed by atoms with van der Waals surface area (Å²) >= 11 is 2.63. The predicted octanol–water partition coefficient (Wildman–Crippen LogP) is 6.16. The fraction of sp³-hybridized carbons (Fsp3) is 0.314. The zero-order valence-electron chi connectivity index (χ0n) is 25.7. The van der Waals surface area contributed by atoms with Crippen LogP contribution in [0.4, 0.5) is 24.5 Å². The summed E-state index contributed by atoms with van der Waals surface area (Å²) in [4.78, 5) is 57.7. The Morgan fingerprint density at radius 3 is 2.43 bits per heavy atom. The molecule has 8 rings (SSSR count). The van der Waals surface area contributed by atoms with Crippen LogP contribution in [0.3, 0.4) is 0 Å². The number of benzene rings is 3. The number of aromatic amines is 1. The molecule has 2 N–H and O–H groups in total. The molecule has 7 atom stereocenters. The number of hydrogen-bond acceptors (Lipinski definition) is 8. The highest BCUT2D eigenvalue weighted by Crippen LogP contribution is 2.68. The Labute approximate surface area is 285 Å². The van der Waals surface area contributed by atoms with Crippen LogP contribution >= 0.6 is 23.1 Å². The SMILES string of the molecule is COc1ccc(NC(=O)COc2cccc([C@H]3c4sc(=O)[nH]c4SC4C5CC(C6C(=O)N(c7cccc(C(F)(F)F)c7)C(=O)C56)C43)c2)cc1. The molecule has 252 valence electrons. The summed E-state index contributed by atoms with van der Waals surface area (Å²) in [5, 5.41) is 3.40. The summed E-state index contributed by atoms with van der Waals surface area (Å²) in [5.41, 5.74) is 0.430. The third-order valence-electron chi connectivity index (χ3n) is 10.1. The summed E-state index contributed by atoms with van der Waals surface area (Å²) in [6, 6.07) is 18.6. The van der Waals surface area contributed by atoms with Crippen molar-refractivity contribution in [3.05, 3.63) is 98.5 Å². The minimum Gasteiger partial charge on any atom is -0.497 e. The number of fused-ring (bicyclic) bond motifs is 9. The number of nitrogens with one attached hydrogen (secondary N) is 2. The van der Waals surface area contributed by atoms with Crippen LogP contribution in [-0.4, -0.2) is 41.7 Å². The minimum absolute atomic E-state index is 0.0740. The van der Waals surface area contributed by atoms with Gasteiger partial charge in [0.05, 0.1) is 35.2 Å². The molecular weight excluding hydrogens is 680 g/mol. The van der Waals surface area contributed by atoms with Gasteiger partial charge in [-0.05, 0) is 84.3 Å². The van der Waals surface area contributed by atoms with Crippen molar-refractivity contribution in [2.75, 3.05) is 23.9 Å². The summed E-state index contributed by atoms with van der Waals surface area (Å²) in [6.07, 6.45) is -3.99. The monoisotopic (exact) mass is 707 g/mol. The molecule has 1 saturated heterocycles. The number of carbonyl (C=O) groups is 3. The van der Waals surface area contributed by atoms with Crippen LogP contribution in [0.1, 0.15) is 28.3 Å². The number of imide groups is 1. The van der Waals surface area contributed by atoms with Gasteiger partial charge in [0.15, 0.2) is 6.61 Å². The number of H-pyrrole nitrogens is 1. The number of carbonyl (C=O) groups excluding carboxylic acids is 3. The summed E-state index contributed by atoms with van der Waals surface area (Å²) in [5.74, 6) is -2.36. The van der Waals surface area contributed by atoms with Crippen molar-refractivity contribution < 1.29 is 37.0 Å². The summed E-state index contributed by atoms with van der Waals surface area (Å²) in [6.45, 7) is -0.249. The van der Waals surface area contributed by atoms with Crippen LogP contribution in [0.2, 0.25) is 0 Å². The quantitative estimate of drug-likeness (QED) is 0.221. The molecule has 49 heavy (non-hydrogen) atoms. The lowest BCUT2D eigenvalue weighted by Gasteiger charge is -2.43. The van der Waals surface area contributed by atoms with Crippen LogP contribution in [0.15, 0.2) is 82.6 Å².